The number of aryl methyl sites for hydroxylation is 1. The number of carbonyl (C=O) groups is 1. The number of rotatable bonds is 16. The van der Waals surface area contributed by atoms with Crippen molar-refractivity contribution in [2.45, 2.75) is 65.3 Å². The second-order valence-electron chi connectivity index (χ2n) is 7.96. The van der Waals surface area contributed by atoms with E-state index in [2.05, 4.69) is 40.7 Å². The zero-order valence-corrected chi connectivity index (χ0v) is 19.8. The maximum Gasteiger partial charge on any atom is 0.241 e. The molecule has 0 bridgehead atoms. The van der Waals surface area contributed by atoms with Crippen LogP contribution in [0.15, 0.2) is 24.3 Å². The SMILES string of the molecule is CCCCCC(=O)NN(CCCC)Cc1cccc(OCCCNc2nc(N)nn2C)c1. The maximum absolute atomic E-state index is 12.3. The van der Waals surface area contributed by atoms with Crippen molar-refractivity contribution in [1.29, 1.82) is 0 Å². The molecule has 0 fully saturated rings. The van der Waals surface area contributed by atoms with Crippen LogP contribution in [0.1, 0.15) is 64.4 Å². The van der Waals surface area contributed by atoms with Crippen molar-refractivity contribution >= 4 is 17.8 Å². The number of aromatic nitrogens is 3. The van der Waals surface area contributed by atoms with E-state index in [1.54, 1.807) is 11.7 Å². The molecule has 0 aliphatic rings. The molecule has 0 radical (unpaired) electrons. The number of unbranched alkanes of at least 4 members (excludes halogenated alkanes) is 3. The van der Waals surface area contributed by atoms with Gasteiger partial charge in [0.1, 0.15) is 5.75 Å². The number of hydrogen-bond donors (Lipinski definition) is 3. The molecule has 0 saturated carbocycles. The van der Waals surface area contributed by atoms with Crippen LogP contribution in [0.3, 0.4) is 0 Å². The Hall–Kier alpha value is -2.81. The number of nitrogens with zero attached hydrogens (tertiary/aromatic N) is 4. The highest BCUT2D eigenvalue weighted by Gasteiger charge is 2.10. The van der Waals surface area contributed by atoms with E-state index < -0.39 is 0 Å². The Morgan fingerprint density at radius 3 is 2.72 bits per heavy atom. The van der Waals surface area contributed by atoms with Crippen molar-refractivity contribution in [2.24, 2.45) is 7.05 Å². The van der Waals surface area contributed by atoms with E-state index in [0.29, 0.717) is 32.1 Å². The molecule has 1 amide bonds. The van der Waals surface area contributed by atoms with Gasteiger partial charge in [0, 0.05) is 33.1 Å². The number of benzene rings is 1. The Balaban J connectivity index is 1.79. The summed E-state index contributed by atoms with van der Waals surface area (Å²) in [6, 6.07) is 8.06. The molecule has 9 heteroatoms. The first-order valence-corrected chi connectivity index (χ1v) is 11.7. The molecule has 32 heavy (non-hydrogen) atoms. The monoisotopic (exact) mass is 445 g/mol. The number of nitrogens with two attached hydrogens (primary N) is 1. The predicted octanol–water partition coefficient (Wildman–Crippen LogP) is 3.49. The average molecular weight is 446 g/mol. The third-order valence-corrected chi connectivity index (χ3v) is 5.00. The van der Waals surface area contributed by atoms with E-state index in [1.807, 2.05) is 23.2 Å². The number of ether oxygens (including phenoxy) is 1. The third kappa shape index (κ3) is 9.55. The Bertz CT molecular complexity index is 809. The van der Waals surface area contributed by atoms with Gasteiger partial charge in [-0.2, -0.15) is 4.98 Å². The van der Waals surface area contributed by atoms with Gasteiger partial charge in [0.05, 0.1) is 6.61 Å². The van der Waals surface area contributed by atoms with Crippen LogP contribution < -0.4 is 21.2 Å². The number of nitrogen functional groups attached to an aromatic ring is 1. The fraction of sp³-hybridized carbons (Fsp3) is 0.609. The zero-order valence-electron chi connectivity index (χ0n) is 19.8. The van der Waals surface area contributed by atoms with Gasteiger partial charge in [0.15, 0.2) is 0 Å². The van der Waals surface area contributed by atoms with Crippen LogP contribution in [0, 0.1) is 0 Å². The van der Waals surface area contributed by atoms with E-state index in [1.165, 1.54) is 0 Å². The Morgan fingerprint density at radius 2 is 2.00 bits per heavy atom. The molecule has 0 unspecified atom stereocenters. The van der Waals surface area contributed by atoms with Crippen molar-refractivity contribution in [3.8, 4) is 5.75 Å². The van der Waals surface area contributed by atoms with Crippen molar-refractivity contribution in [1.82, 2.24) is 25.2 Å². The van der Waals surface area contributed by atoms with Crippen molar-refractivity contribution in [3.05, 3.63) is 29.8 Å². The minimum atomic E-state index is 0.0964. The first kappa shape index (κ1) is 25.5. The molecule has 1 aromatic carbocycles. The van der Waals surface area contributed by atoms with Gasteiger partial charge in [-0.1, -0.05) is 45.2 Å². The smallest absolute Gasteiger partial charge is 0.241 e. The van der Waals surface area contributed by atoms with Gasteiger partial charge in [0.25, 0.3) is 0 Å². The first-order valence-electron chi connectivity index (χ1n) is 11.7. The fourth-order valence-corrected chi connectivity index (χ4v) is 3.27. The summed E-state index contributed by atoms with van der Waals surface area (Å²) in [5, 5.41) is 9.22. The molecular formula is C23H39N7O2. The molecule has 4 N–H and O–H groups in total. The van der Waals surface area contributed by atoms with Crippen LogP contribution in [-0.4, -0.2) is 45.4 Å². The Kier molecular flexibility index (Phi) is 11.4. The highest BCUT2D eigenvalue weighted by atomic mass is 16.5. The lowest BCUT2D eigenvalue weighted by Gasteiger charge is -2.23. The van der Waals surface area contributed by atoms with Gasteiger partial charge in [-0.15, -0.1) is 5.10 Å². The topological polar surface area (TPSA) is 110 Å². The largest absolute Gasteiger partial charge is 0.494 e. The number of hydrazine groups is 1. The van der Waals surface area contributed by atoms with Gasteiger partial charge >= 0.3 is 0 Å². The first-order chi connectivity index (χ1) is 15.5. The lowest BCUT2D eigenvalue weighted by atomic mass is 10.2. The molecule has 2 rings (SSSR count). The third-order valence-electron chi connectivity index (χ3n) is 5.00. The standard InChI is InChI=1S/C23H39N7O2/c1-4-6-8-13-21(31)27-30(15-7-5-2)18-19-11-9-12-20(17-19)32-16-10-14-25-23-26-22(24)28-29(23)3/h9,11-12,17H,4-8,10,13-16,18H2,1-3H3,(H,27,31)(H3,24,25,26,28). The number of nitrogens with one attached hydrogen (secondary N) is 2. The van der Waals surface area contributed by atoms with Crippen LogP contribution in [-0.2, 0) is 18.4 Å². The van der Waals surface area contributed by atoms with Gasteiger partial charge in [-0.25, -0.2) is 9.69 Å². The minimum Gasteiger partial charge on any atom is -0.494 e. The van der Waals surface area contributed by atoms with Crippen LogP contribution in [0.5, 0.6) is 5.75 Å². The van der Waals surface area contributed by atoms with Crippen LogP contribution in [0.25, 0.3) is 0 Å². The van der Waals surface area contributed by atoms with E-state index in [4.69, 9.17) is 10.5 Å². The molecule has 0 aliphatic heterocycles. The van der Waals surface area contributed by atoms with Crippen molar-refractivity contribution in [2.75, 3.05) is 30.7 Å². The number of amides is 1. The molecular weight excluding hydrogens is 406 g/mol. The van der Waals surface area contributed by atoms with Gasteiger partial charge in [0.2, 0.25) is 17.8 Å². The molecule has 2 aromatic rings. The van der Waals surface area contributed by atoms with Gasteiger partial charge in [-0.05, 0) is 37.0 Å². The average Bonchev–Trinajstić information content (AvgIpc) is 3.09. The summed E-state index contributed by atoms with van der Waals surface area (Å²) in [4.78, 5) is 16.4. The quantitative estimate of drug-likeness (QED) is 0.268. The summed E-state index contributed by atoms with van der Waals surface area (Å²) in [5.74, 6) is 1.83. The van der Waals surface area contributed by atoms with E-state index in [9.17, 15) is 4.79 Å². The lowest BCUT2D eigenvalue weighted by Crippen LogP contribution is -2.42. The summed E-state index contributed by atoms with van der Waals surface area (Å²) in [6.07, 6.45) is 6.65. The summed E-state index contributed by atoms with van der Waals surface area (Å²) in [6.45, 7) is 7.08. The van der Waals surface area contributed by atoms with E-state index >= 15 is 0 Å². The molecule has 178 valence electrons. The number of hydrogen-bond acceptors (Lipinski definition) is 7. The second-order valence-corrected chi connectivity index (χ2v) is 7.96. The Morgan fingerprint density at radius 1 is 1.19 bits per heavy atom. The maximum atomic E-state index is 12.3. The van der Waals surface area contributed by atoms with Crippen LogP contribution in [0.4, 0.5) is 11.9 Å². The van der Waals surface area contributed by atoms with Gasteiger partial charge in [-0.3, -0.25) is 10.2 Å². The van der Waals surface area contributed by atoms with Crippen LogP contribution >= 0.6 is 0 Å². The highest BCUT2D eigenvalue weighted by Crippen LogP contribution is 2.15. The normalized spacial score (nSPS) is 11.0. The van der Waals surface area contributed by atoms with Crippen molar-refractivity contribution < 1.29 is 9.53 Å². The summed E-state index contributed by atoms with van der Waals surface area (Å²) >= 11 is 0. The predicted molar refractivity (Wildman–Crippen MR) is 128 cm³/mol. The molecule has 0 saturated heterocycles. The molecule has 1 heterocycles. The van der Waals surface area contributed by atoms with Gasteiger partial charge < -0.3 is 15.8 Å². The zero-order chi connectivity index (χ0) is 23.2. The molecule has 0 aliphatic carbocycles. The number of anilines is 2. The lowest BCUT2D eigenvalue weighted by molar-refractivity contribution is -0.126. The summed E-state index contributed by atoms with van der Waals surface area (Å²) in [5.41, 5.74) is 9.78. The highest BCUT2D eigenvalue weighted by molar-refractivity contribution is 5.75. The minimum absolute atomic E-state index is 0.0964. The summed E-state index contributed by atoms with van der Waals surface area (Å²) in [7, 11) is 1.80. The van der Waals surface area contributed by atoms with E-state index in [0.717, 1.165) is 56.4 Å². The summed E-state index contributed by atoms with van der Waals surface area (Å²) < 4.78 is 7.53. The number of carbonyl (C=O) groups excluding carboxylic acids is 1. The van der Waals surface area contributed by atoms with E-state index in [-0.39, 0.29) is 11.9 Å². The molecule has 0 spiro atoms. The molecule has 1 aromatic heterocycles. The van der Waals surface area contributed by atoms with Crippen LogP contribution in [0.2, 0.25) is 0 Å². The van der Waals surface area contributed by atoms with Crippen molar-refractivity contribution in [3.63, 3.8) is 0 Å². The fourth-order valence-electron chi connectivity index (χ4n) is 3.27. The molecule has 0 atom stereocenters. The molecule has 9 nitrogen and oxygen atoms in total. The second kappa shape index (κ2) is 14.3. The Labute approximate surface area is 191 Å².